The normalized spacial score (nSPS) is 13.7. The summed E-state index contributed by atoms with van der Waals surface area (Å²) in [6.07, 6.45) is 0. The lowest BCUT2D eigenvalue weighted by atomic mass is 10.1. The van der Waals surface area contributed by atoms with Crippen molar-refractivity contribution in [2.24, 2.45) is 0 Å². The van der Waals surface area contributed by atoms with E-state index in [1.165, 1.54) is 24.3 Å². The van der Waals surface area contributed by atoms with Gasteiger partial charge in [0.1, 0.15) is 5.82 Å². The number of piperazine rings is 1. The molecule has 158 valence electrons. The van der Waals surface area contributed by atoms with Crippen LogP contribution in [-0.4, -0.2) is 42.9 Å². The van der Waals surface area contributed by atoms with Gasteiger partial charge in [0.2, 0.25) is 0 Å². The van der Waals surface area contributed by atoms with E-state index in [1.54, 1.807) is 24.3 Å². The lowest BCUT2D eigenvalue weighted by Gasteiger charge is -2.37. The first-order chi connectivity index (χ1) is 15.0. The van der Waals surface area contributed by atoms with Gasteiger partial charge in [-0.05, 0) is 60.7 Å². The van der Waals surface area contributed by atoms with Crippen molar-refractivity contribution in [1.29, 1.82) is 0 Å². The van der Waals surface area contributed by atoms with Crippen molar-refractivity contribution in [2.75, 3.05) is 36.4 Å². The molecule has 3 aromatic carbocycles. The second-order valence-electron chi connectivity index (χ2n) is 7.26. The molecular formula is C24H21ClFN3O2. The van der Waals surface area contributed by atoms with Gasteiger partial charge in [-0.25, -0.2) is 4.39 Å². The summed E-state index contributed by atoms with van der Waals surface area (Å²) >= 11 is 5.91. The molecule has 1 saturated heterocycles. The Labute approximate surface area is 185 Å². The summed E-state index contributed by atoms with van der Waals surface area (Å²) < 4.78 is 13.1. The van der Waals surface area contributed by atoms with Crippen LogP contribution in [0.3, 0.4) is 0 Å². The SMILES string of the molecule is O=C(Nc1ccccc1N1CCN(C(=O)c2ccc(Cl)cc2)CC1)c1ccc(F)cc1. The fourth-order valence-electron chi connectivity index (χ4n) is 3.58. The van der Waals surface area contributed by atoms with Gasteiger partial charge in [0.15, 0.2) is 0 Å². The number of nitrogens with zero attached hydrogens (tertiary/aromatic N) is 2. The first-order valence-electron chi connectivity index (χ1n) is 9.97. The Morgan fingerprint density at radius 2 is 1.42 bits per heavy atom. The number of carbonyl (C=O) groups is 2. The molecule has 7 heteroatoms. The van der Waals surface area contributed by atoms with Crippen molar-refractivity contribution in [3.63, 3.8) is 0 Å². The van der Waals surface area contributed by atoms with Gasteiger partial charge in [0, 0.05) is 42.3 Å². The van der Waals surface area contributed by atoms with Crippen molar-refractivity contribution >= 4 is 34.8 Å². The van der Waals surface area contributed by atoms with Crippen LogP contribution in [0.4, 0.5) is 15.8 Å². The summed E-state index contributed by atoms with van der Waals surface area (Å²) in [5, 5.41) is 3.51. The van der Waals surface area contributed by atoms with Crippen molar-refractivity contribution in [3.05, 3.63) is 94.8 Å². The van der Waals surface area contributed by atoms with Gasteiger partial charge in [-0.3, -0.25) is 9.59 Å². The second-order valence-corrected chi connectivity index (χ2v) is 7.70. The largest absolute Gasteiger partial charge is 0.366 e. The first kappa shape index (κ1) is 20.9. The van der Waals surface area contributed by atoms with Gasteiger partial charge < -0.3 is 15.1 Å². The summed E-state index contributed by atoms with van der Waals surface area (Å²) in [4.78, 5) is 29.3. The molecule has 1 fully saturated rings. The molecule has 4 rings (SSSR count). The number of anilines is 2. The predicted octanol–water partition coefficient (Wildman–Crippen LogP) is 4.69. The van der Waals surface area contributed by atoms with Gasteiger partial charge in [0.05, 0.1) is 11.4 Å². The molecule has 5 nitrogen and oxygen atoms in total. The maximum Gasteiger partial charge on any atom is 0.255 e. The van der Waals surface area contributed by atoms with E-state index in [0.29, 0.717) is 48.0 Å². The third kappa shape index (κ3) is 4.86. The fraction of sp³-hybridized carbons (Fsp3) is 0.167. The topological polar surface area (TPSA) is 52.7 Å². The molecule has 1 heterocycles. The lowest BCUT2D eigenvalue weighted by Crippen LogP contribution is -2.49. The summed E-state index contributed by atoms with van der Waals surface area (Å²) in [7, 11) is 0. The van der Waals surface area contributed by atoms with Gasteiger partial charge in [0.25, 0.3) is 11.8 Å². The minimum atomic E-state index is -0.386. The quantitative estimate of drug-likeness (QED) is 0.644. The third-order valence-electron chi connectivity index (χ3n) is 5.26. The lowest BCUT2D eigenvalue weighted by molar-refractivity contribution is 0.0746. The highest BCUT2D eigenvalue weighted by Gasteiger charge is 2.24. The number of halogens is 2. The van der Waals surface area contributed by atoms with Crippen molar-refractivity contribution < 1.29 is 14.0 Å². The standard InChI is InChI=1S/C24H21ClFN3O2/c25-19-9-5-18(6-10-19)24(31)29-15-13-28(14-16-29)22-4-2-1-3-21(22)27-23(30)17-7-11-20(26)12-8-17/h1-12H,13-16H2,(H,27,30). The van der Waals surface area contributed by atoms with Gasteiger partial charge in [-0.2, -0.15) is 0 Å². The van der Waals surface area contributed by atoms with Crippen LogP contribution in [0.2, 0.25) is 5.02 Å². The molecular weight excluding hydrogens is 417 g/mol. The first-order valence-corrected chi connectivity index (χ1v) is 10.3. The zero-order valence-corrected chi connectivity index (χ0v) is 17.5. The molecule has 31 heavy (non-hydrogen) atoms. The second kappa shape index (κ2) is 9.18. The Balaban J connectivity index is 1.43. The van der Waals surface area contributed by atoms with Crippen LogP contribution in [-0.2, 0) is 0 Å². The number of nitrogens with one attached hydrogen (secondary N) is 1. The number of amides is 2. The van der Waals surface area contributed by atoms with Crippen LogP contribution in [0.15, 0.2) is 72.8 Å². The maximum absolute atomic E-state index is 13.1. The van der Waals surface area contributed by atoms with E-state index in [0.717, 1.165) is 5.69 Å². The number of hydrogen-bond donors (Lipinski definition) is 1. The molecule has 0 radical (unpaired) electrons. The van der Waals surface area contributed by atoms with Gasteiger partial charge >= 0.3 is 0 Å². The number of benzene rings is 3. The maximum atomic E-state index is 13.1. The van der Waals surface area contributed by atoms with Crippen LogP contribution < -0.4 is 10.2 Å². The molecule has 3 aromatic rings. The van der Waals surface area contributed by atoms with Crippen molar-refractivity contribution in [3.8, 4) is 0 Å². The smallest absolute Gasteiger partial charge is 0.255 e. The van der Waals surface area contributed by atoms with Crippen molar-refractivity contribution in [1.82, 2.24) is 4.90 Å². The Hall–Kier alpha value is -3.38. The highest BCUT2D eigenvalue weighted by molar-refractivity contribution is 6.30. The van der Waals surface area contributed by atoms with E-state index < -0.39 is 0 Å². The Morgan fingerprint density at radius 1 is 0.806 bits per heavy atom. The van der Waals surface area contributed by atoms with Crippen LogP contribution in [0.5, 0.6) is 0 Å². The monoisotopic (exact) mass is 437 g/mol. The third-order valence-corrected chi connectivity index (χ3v) is 5.51. The molecule has 0 aliphatic carbocycles. The predicted molar refractivity (Wildman–Crippen MR) is 120 cm³/mol. The average molecular weight is 438 g/mol. The molecule has 0 bridgehead atoms. The Kier molecular flexibility index (Phi) is 6.18. The molecule has 2 amide bonds. The fourth-order valence-corrected chi connectivity index (χ4v) is 3.70. The summed E-state index contributed by atoms with van der Waals surface area (Å²) in [5.74, 6) is -0.707. The van der Waals surface area contributed by atoms with Crippen molar-refractivity contribution in [2.45, 2.75) is 0 Å². The number of hydrogen-bond acceptors (Lipinski definition) is 3. The van der Waals surface area contributed by atoms with E-state index in [1.807, 2.05) is 29.2 Å². The van der Waals surface area contributed by atoms with E-state index in [4.69, 9.17) is 11.6 Å². The summed E-state index contributed by atoms with van der Waals surface area (Å²) in [6, 6.07) is 19.9. The molecule has 0 atom stereocenters. The van der Waals surface area contributed by atoms with Crippen LogP contribution >= 0.6 is 11.6 Å². The van der Waals surface area contributed by atoms with Crippen LogP contribution in [0, 0.1) is 5.82 Å². The van der Waals surface area contributed by atoms with Gasteiger partial charge in [-0.15, -0.1) is 0 Å². The number of carbonyl (C=O) groups excluding carboxylic acids is 2. The minimum absolute atomic E-state index is 0.0192. The highest BCUT2D eigenvalue weighted by Crippen LogP contribution is 2.27. The molecule has 0 saturated carbocycles. The molecule has 1 aliphatic heterocycles. The molecule has 0 aromatic heterocycles. The zero-order valence-electron chi connectivity index (χ0n) is 16.7. The van der Waals surface area contributed by atoms with E-state index in [-0.39, 0.29) is 17.6 Å². The van der Waals surface area contributed by atoms with Gasteiger partial charge in [-0.1, -0.05) is 23.7 Å². The number of rotatable bonds is 4. The van der Waals surface area contributed by atoms with Crippen LogP contribution in [0.25, 0.3) is 0 Å². The van der Waals surface area contributed by atoms with E-state index in [9.17, 15) is 14.0 Å². The average Bonchev–Trinajstić information content (AvgIpc) is 2.80. The summed E-state index contributed by atoms with van der Waals surface area (Å²) in [5.41, 5.74) is 2.56. The molecule has 0 spiro atoms. The summed E-state index contributed by atoms with van der Waals surface area (Å²) in [6.45, 7) is 2.43. The number of para-hydroxylation sites is 2. The zero-order chi connectivity index (χ0) is 21.8. The molecule has 0 unspecified atom stereocenters. The van der Waals surface area contributed by atoms with E-state index in [2.05, 4.69) is 10.2 Å². The molecule has 1 N–H and O–H groups in total. The van der Waals surface area contributed by atoms with E-state index >= 15 is 0 Å². The Bertz CT molecular complexity index is 1080. The van der Waals surface area contributed by atoms with Crippen LogP contribution in [0.1, 0.15) is 20.7 Å². The highest BCUT2D eigenvalue weighted by atomic mass is 35.5. The Morgan fingerprint density at radius 3 is 2.10 bits per heavy atom. The minimum Gasteiger partial charge on any atom is -0.366 e. The molecule has 1 aliphatic rings.